The smallest absolute Gasteiger partial charge is 0.118 e. The van der Waals surface area contributed by atoms with Gasteiger partial charge in [0.25, 0.3) is 0 Å². The molecule has 1 fully saturated rings. The van der Waals surface area contributed by atoms with Crippen molar-refractivity contribution in [3.8, 4) is 5.75 Å². The van der Waals surface area contributed by atoms with E-state index in [2.05, 4.69) is 12.1 Å². The molecule has 0 amide bonds. The van der Waals surface area contributed by atoms with Gasteiger partial charge in [-0.15, -0.1) is 9.60 Å². The van der Waals surface area contributed by atoms with Crippen LogP contribution in [0, 0.1) is 0 Å². The number of hydrogen-bond acceptors (Lipinski definition) is 2. The molecule has 1 aliphatic heterocycles. The van der Waals surface area contributed by atoms with E-state index >= 15 is 0 Å². The maximum atomic E-state index is 12.8. The first-order valence-corrected chi connectivity index (χ1v) is 5.34. The third-order valence-electron chi connectivity index (χ3n) is 3.03. The van der Waals surface area contributed by atoms with Crippen LogP contribution in [-0.2, 0) is 0 Å². The fourth-order valence-electron chi connectivity index (χ4n) is 2.06. The molecule has 3 heteroatoms. The van der Waals surface area contributed by atoms with Crippen LogP contribution in [0.25, 0.3) is 0 Å². The summed E-state index contributed by atoms with van der Waals surface area (Å²) in [6.07, 6.45) is 1.81. The van der Waals surface area contributed by atoms with Crippen molar-refractivity contribution in [3.05, 3.63) is 29.8 Å². The van der Waals surface area contributed by atoms with E-state index in [4.69, 9.17) is 4.74 Å². The minimum atomic E-state index is 0.503. The largest absolute Gasteiger partial charge is 0.497 e. The summed E-state index contributed by atoms with van der Waals surface area (Å²) >= 11 is 0. The summed E-state index contributed by atoms with van der Waals surface area (Å²) in [4.78, 5) is 0. The molecule has 1 aromatic carbocycles. The van der Waals surface area contributed by atoms with Crippen molar-refractivity contribution >= 4 is 0 Å². The molecule has 0 N–H and O–H groups in total. The third kappa shape index (κ3) is 2.48. The van der Waals surface area contributed by atoms with Crippen LogP contribution in [-0.4, -0.2) is 25.3 Å². The zero-order chi connectivity index (χ0) is 10.7. The molecule has 0 aromatic heterocycles. The van der Waals surface area contributed by atoms with Crippen LogP contribution in [0.15, 0.2) is 24.3 Å². The first-order valence-electron chi connectivity index (χ1n) is 5.34. The maximum absolute atomic E-state index is 12.8. The highest BCUT2D eigenvalue weighted by atomic mass is 19.2. The van der Waals surface area contributed by atoms with Crippen molar-refractivity contribution in [3.63, 3.8) is 0 Å². The third-order valence-corrected chi connectivity index (χ3v) is 3.03. The molecule has 0 saturated carbocycles. The van der Waals surface area contributed by atoms with Gasteiger partial charge in [-0.2, -0.15) is 0 Å². The second-order valence-corrected chi connectivity index (χ2v) is 3.96. The Morgan fingerprint density at radius 3 is 2.33 bits per heavy atom. The Balaban J connectivity index is 2.03. The first-order chi connectivity index (χ1) is 7.29. The number of halogens is 1. The SMILES string of the molecule is COc1ccc(C2CCN(F)CC2)cc1. The lowest BCUT2D eigenvalue weighted by Gasteiger charge is -2.26. The van der Waals surface area contributed by atoms with Gasteiger partial charge in [-0.3, -0.25) is 0 Å². The standard InChI is InChI=1S/C12H16FNO/c1-15-12-4-2-10(3-5-12)11-6-8-14(13)9-7-11/h2-5,11H,6-9H2,1H3. The van der Waals surface area contributed by atoms with Crippen LogP contribution in [0.1, 0.15) is 24.3 Å². The number of methoxy groups -OCH3 is 1. The highest BCUT2D eigenvalue weighted by molar-refractivity contribution is 5.29. The summed E-state index contributed by atoms with van der Waals surface area (Å²) in [5, 5.41) is 0.903. The van der Waals surface area contributed by atoms with Crippen LogP contribution >= 0.6 is 0 Å². The van der Waals surface area contributed by atoms with Gasteiger partial charge in [0.2, 0.25) is 0 Å². The Morgan fingerprint density at radius 1 is 1.20 bits per heavy atom. The van der Waals surface area contributed by atoms with Crippen LogP contribution < -0.4 is 4.74 Å². The predicted molar refractivity (Wildman–Crippen MR) is 57.7 cm³/mol. The summed E-state index contributed by atoms with van der Waals surface area (Å²) in [6, 6.07) is 8.10. The van der Waals surface area contributed by atoms with Gasteiger partial charge in [-0.25, -0.2) is 0 Å². The fourth-order valence-corrected chi connectivity index (χ4v) is 2.06. The molecule has 0 bridgehead atoms. The van der Waals surface area contributed by atoms with Gasteiger partial charge in [0.15, 0.2) is 0 Å². The van der Waals surface area contributed by atoms with E-state index in [-0.39, 0.29) is 0 Å². The molecule has 82 valence electrons. The minimum absolute atomic E-state index is 0.503. The maximum Gasteiger partial charge on any atom is 0.118 e. The van der Waals surface area contributed by atoms with Gasteiger partial charge in [0.1, 0.15) is 5.75 Å². The van der Waals surface area contributed by atoms with Gasteiger partial charge >= 0.3 is 0 Å². The number of nitrogens with zero attached hydrogens (tertiary/aromatic N) is 1. The Bertz CT molecular complexity index is 304. The average molecular weight is 209 g/mol. The Morgan fingerprint density at radius 2 is 1.80 bits per heavy atom. The zero-order valence-corrected chi connectivity index (χ0v) is 8.95. The highest BCUT2D eigenvalue weighted by Crippen LogP contribution is 2.29. The molecule has 0 radical (unpaired) electrons. The molecule has 1 aromatic rings. The van der Waals surface area contributed by atoms with E-state index in [0.717, 1.165) is 23.7 Å². The Labute approximate surface area is 89.6 Å². The lowest BCUT2D eigenvalue weighted by atomic mass is 9.90. The molecule has 2 rings (SSSR count). The van der Waals surface area contributed by atoms with E-state index in [0.29, 0.717) is 19.0 Å². The predicted octanol–water partition coefficient (Wildman–Crippen LogP) is 2.76. The minimum Gasteiger partial charge on any atom is -0.497 e. The molecule has 2 nitrogen and oxygen atoms in total. The van der Waals surface area contributed by atoms with Crippen molar-refractivity contribution < 1.29 is 9.22 Å². The highest BCUT2D eigenvalue weighted by Gasteiger charge is 2.19. The summed E-state index contributed by atoms with van der Waals surface area (Å²) in [7, 11) is 1.66. The first kappa shape index (κ1) is 10.4. The van der Waals surface area contributed by atoms with Crippen molar-refractivity contribution in [1.29, 1.82) is 0 Å². The number of hydrogen-bond donors (Lipinski definition) is 0. The van der Waals surface area contributed by atoms with E-state index in [9.17, 15) is 4.48 Å². The normalized spacial score (nSPS) is 19.1. The Hall–Kier alpha value is -1.09. The molecule has 1 saturated heterocycles. The van der Waals surface area contributed by atoms with Gasteiger partial charge in [0.05, 0.1) is 7.11 Å². The van der Waals surface area contributed by atoms with Gasteiger partial charge in [0, 0.05) is 13.1 Å². The number of benzene rings is 1. The molecule has 1 aliphatic rings. The summed E-state index contributed by atoms with van der Waals surface area (Å²) in [5.41, 5.74) is 1.30. The molecular weight excluding hydrogens is 193 g/mol. The second-order valence-electron chi connectivity index (χ2n) is 3.96. The van der Waals surface area contributed by atoms with Crippen LogP contribution in [0.5, 0.6) is 5.75 Å². The number of ether oxygens (including phenoxy) is 1. The number of piperidine rings is 1. The summed E-state index contributed by atoms with van der Waals surface area (Å²) in [5.74, 6) is 1.38. The molecule has 0 unspecified atom stereocenters. The van der Waals surface area contributed by atoms with Crippen molar-refractivity contribution in [2.75, 3.05) is 20.2 Å². The van der Waals surface area contributed by atoms with Crippen LogP contribution in [0.2, 0.25) is 0 Å². The second kappa shape index (κ2) is 4.62. The fraction of sp³-hybridized carbons (Fsp3) is 0.500. The monoisotopic (exact) mass is 209 g/mol. The van der Waals surface area contributed by atoms with Gasteiger partial charge in [-0.1, -0.05) is 12.1 Å². The Kier molecular flexibility index (Phi) is 3.21. The summed E-state index contributed by atoms with van der Waals surface area (Å²) in [6.45, 7) is 1.10. The molecule has 0 atom stereocenters. The van der Waals surface area contributed by atoms with E-state index in [1.165, 1.54) is 5.56 Å². The number of rotatable bonds is 2. The van der Waals surface area contributed by atoms with Crippen LogP contribution in [0.4, 0.5) is 4.48 Å². The van der Waals surface area contributed by atoms with E-state index in [1.807, 2.05) is 12.1 Å². The van der Waals surface area contributed by atoms with Crippen molar-refractivity contribution in [1.82, 2.24) is 5.12 Å². The topological polar surface area (TPSA) is 12.5 Å². The van der Waals surface area contributed by atoms with Crippen molar-refractivity contribution in [2.24, 2.45) is 0 Å². The lowest BCUT2D eigenvalue weighted by molar-refractivity contribution is 0.000726. The van der Waals surface area contributed by atoms with Gasteiger partial charge in [-0.05, 0) is 36.5 Å². The molecule has 1 heterocycles. The zero-order valence-electron chi connectivity index (χ0n) is 8.95. The quantitative estimate of drug-likeness (QED) is 0.694. The summed E-state index contributed by atoms with van der Waals surface area (Å²) < 4.78 is 17.9. The average Bonchev–Trinajstić information content (AvgIpc) is 2.30. The van der Waals surface area contributed by atoms with E-state index in [1.54, 1.807) is 7.11 Å². The molecule has 0 spiro atoms. The molecule has 15 heavy (non-hydrogen) atoms. The van der Waals surface area contributed by atoms with E-state index < -0.39 is 0 Å². The molecular formula is C12H16FNO. The molecule has 0 aliphatic carbocycles. The van der Waals surface area contributed by atoms with Gasteiger partial charge < -0.3 is 4.74 Å². The van der Waals surface area contributed by atoms with Crippen molar-refractivity contribution in [2.45, 2.75) is 18.8 Å². The lowest BCUT2D eigenvalue weighted by Crippen LogP contribution is -2.26. The van der Waals surface area contributed by atoms with Crippen LogP contribution in [0.3, 0.4) is 0 Å².